The standard InChI is InChI=1S/C18H19N3O/c1-13-9-14(2)21(17(13)10-19)12-18(22)20-8-7-15-5-3-4-6-16(15)11-20/h3-6,9H,7-8,11-12H2,1-2H3. The first-order valence-corrected chi connectivity index (χ1v) is 7.51. The molecule has 4 heteroatoms. The molecule has 0 aliphatic carbocycles. The topological polar surface area (TPSA) is 49.0 Å². The highest BCUT2D eigenvalue weighted by atomic mass is 16.2. The smallest absolute Gasteiger partial charge is 0.242 e. The molecule has 0 N–H and O–H groups in total. The van der Waals surface area contributed by atoms with E-state index in [0.29, 0.717) is 12.2 Å². The van der Waals surface area contributed by atoms with E-state index in [1.165, 1.54) is 11.1 Å². The molecule has 1 aliphatic heterocycles. The van der Waals surface area contributed by atoms with Gasteiger partial charge in [-0.05, 0) is 43.0 Å². The molecule has 0 saturated heterocycles. The summed E-state index contributed by atoms with van der Waals surface area (Å²) in [5, 5.41) is 9.27. The van der Waals surface area contributed by atoms with Crippen molar-refractivity contribution in [2.24, 2.45) is 0 Å². The van der Waals surface area contributed by atoms with Crippen LogP contribution in [0.3, 0.4) is 0 Å². The molecular weight excluding hydrogens is 274 g/mol. The Bertz CT molecular complexity index is 767. The molecule has 1 aliphatic rings. The number of amides is 1. The summed E-state index contributed by atoms with van der Waals surface area (Å²) in [6, 6.07) is 12.4. The van der Waals surface area contributed by atoms with Gasteiger partial charge in [0.15, 0.2) is 0 Å². The van der Waals surface area contributed by atoms with Gasteiger partial charge in [-0.25, -0.2) is 0 Å². The van der Waals surface area contributed by atoms with Crippen molar-refractivity contribution in [3.05, 3.63) is 58.4 Å². The van der Waals surface area contributed by atoms with Gasteiger partial charge in [0.05, 0.1) is 0 Å². The average molecular weight is 293 g/mol. The molecule has 4 nitrogen and oxygen atoms in total. The van der Waals surface area contributed by atoms with E-state index in [-0.39, 0.29) is 12.5 Å². The van der Waals surface area contributed by atoms with E-state index in [9.17, 15) is 10.1 Å². The first kappa shape index (κ1) is 14.4. The van der Waals surface area contributed by atoms with Crippen LogP contribution in [0.2, 0.25) is 0 Å². The van der Waals surface area contributed by atoms with Crippen LogP contribution in [0.1, 0.15) is 28.1 Å². The van der Waals surface area contributed by atoms with Gasteiger partial charge in [0.2, 0.25) is 5.91 Å². The molecule has 0 bridgehead atoms. The SMILES string of the molecule is Cc1cc(C)n(CC(=O)N2CCc3ccccc3C2)c1C#N. The Balaban J connectivity index is 1.78. The summed E-state index contributed by atoms with van der Waals surface area (Å²) in [6.07, 6.45) is 0.900. The lowest BCUT2D eigenvalue weighted by atomic mass is 10.00. The summed E-state index contributed by atoms with van der Waals surface area (Å²) in [5.74, 6) is 0.0738. The van der Waals surface area contributed by atoms with Crippen molar-refractivity contribution in [3.8, 4) is 6.07 Å². The molecule has 3 rings (SSSR count). The second kappa shape index (κ2) is 5.69. The van der Waals surface area contributed by atoms with Crippen LogP contribution in [-0.2, 0) is 24.3 Å². The third-order valence-electron chi connectivity index (χ3n) is 4.38. The van der Waals surface area contributed by atoms with Crippen molar-refractivity contribution < 1.29 is 4.79 Å². The van der Waals surface area contributed by atoms with E-state index in [2.05, 4.69) is 18.2 Å². The number of hydrogen-bond acceptors (Lipinski definition) is 2. The molecule has 0 unspecified atom stereocenters. The van der Waals surface area contributed by atoms with Crippen LogP contribution < -0.4 is 0 Å². The molecular formula is C18H19N3O. The van der Waals surface area contributed by atoms with Gasteiger partial charge in [0, 0.05) is 18.8 Å². The number of rotatable bonds is 2. The van der Waals surface area contributed by atoms with Gasteiger partial charge in [0.1, 0.15) is 18.3 Å². The largest absolute Gasteiger partial charge is 0.336 e. The van der Waals surface area contributed by atoms with Crippen LogP contribution in [0.5, 0.6) is 0 Å². The Morgan fingerprint density at radius 1 is 1.27 bits per heavy atom. The van der Waals surface area contributed by atoms with E-state index in [1.54, 1.807) is 0 Å². The van der Waals surface area contributed by atoms with Crippen molar-refractivity contribution >= 4 is 5.91 Å². The van der Waals surface area contributed by atoms with Crippen LogP contribution in [0.4, 0.5) is 0 Å². The quantitative estimate of drug-likeness (QED) is 0.854. The van der Waals surface area contributed by atoms with Gasteiger partial charge in [-0.3, -0.25) is 4.79 Å². The third-order valence-corrected chi connectivity index (χ3v) is 4.38. The second-order valence-corrected chi connectivity index (χ2v) is 5.85. The van der Waals surface area contributed by atoms with Gasteiger partial charge in [-0.15, -0.1) is 0 Å². The lowest BCUT2D eigenvalue weighted by Crippen LogP contribution is -2.38. The summed E-state index contributed by atoms with van der Waals surface area (Å²) in [4.78, 5) is 14.5. The van der Waals surface area contributed by atoms with Crippen molar-refractivity contribution in [3.63, 3.8) is 0 Å². The Kier molecular flexibility index (Phi) is 3.72. The summed E-state index contributed by atoms with van der Waals surface area (Å²) in [5.41, 5.74) is 5.03. The summed E-state index contributed by atoms with van der Waals surface area (Å²) < 4.78 is 1.82. The predicted octanol–water partition coefficient (Wildman–Crippen LogP) is 2.56. The van der Waals surface area contributed by atoms with Gasteiger partial charge in [-0.1, -0.05) is 24.3 Å². The van der Waals surface area contributed by atoms with Crippen molar-refractivity contribution in [2.45, 2.75) is 33.4 Å². The minimum absolute atomic E-state index is 0.0738. The number of hydrogen-bond donors (Lipinski definition) is 0. The maximum Gasteiger partial charge on any atom is 0.242 e. The molecule has 2 aromatic rings. The average Bonchev–Trinajstić information content (AvgIpc) is 2.80. The monoisotopic (exact) mass is 293 g/mol. The minimum atomic E-state index is 0.0738. The first-order chi connectivity index (χ1) is 10.6. The zero-order chi connectivity index (χ0) is 15.7. The van der Waals surface area contributed by atoms with Crippen LogP contribution in [0.15, 0.2) is 30.3 Å². The Morgan fingerprint density at radius 3 is 2.73 bits per heavy atom. The third kappa shape index (κ3) is 2.50. The Morgan fingerprint density at radius 2 is 2.00 bits per heavy atom. The number of fused-ring (bicyclic) bond motifs is 1. The molecule has 1 aromatic heterocycles. The van der Waals surface area contributed by atoms with Crippen molar-refractivity contribution in [2.75, 3.05) is 6.54 Å². The van der Waals surface area contributed by atoms with Crippen LogP contribution in [0, 0.1) is 25.2 Å². The fraction of sp³-hybridized carbons (Fsp3) is 0.333. The molecule has 2 heterocycles. The number of aromatic nitrogens is 1. The highest BCUT2D eigenvalue weighted by Crippen LogP contribution is 2.20. The summed E-state index contributed by atoms with van der Waals surface area (Å²) in [6.45, 7) is 5.49. The Hall–Kier alpha value is -2.54. The summed E-state index contributed by atoms with van der Waals surface area (Å²) >= 11 is 0. The number of carbonyl (C=O) groups is 1. The number of benzene rings is 1. The minimum Gasteiger partial charge on any atom is -0.336 e. The van der Waals surface area contributed by atoms with E-state index in [0.717, 1.165) is 24.2 Å². The molecule has 22 heavy (non-hydrogen) atoms. The number of carbonyl (C=O) groups excluding carboxylic acids is 1. The number of aryl methyl sites for hydroxylation is 2. The van der Waals surface area contributed by atoms with E-state index in [1.807, 2.05) is 41.5 Å². The van der Waals surface area contributed by atoms with E-state index in [4.69, 9.17) is 0 Å². The molecule has 1 amide bonds. The van der Waals surface area contributed by atoms with Crippen LogP contribution >= 0.6 is 0 Å². The first-order valence-electron chi connectivity index (χ1n) is 7.51. The van der Waals surface area contributed by atoms with Gasteiger partial charge < -0.3 is 9.47 Å². The maximum atomic E-state index is 12.6. The second-order valence-electron chi connectivity index (χ2n) is 5.85. The molecule has 112 valence electrons. The lowest BCUT2D eigenvalue weighted by Gasteiger charge is -2.29. The lowest BCUT2D eigenvalue weighted by molar-refractivity contribution is -0.132. The van der Waals surface area contributed by atoms with Crippen LogP contribution in [0.25, 0.3) is 0 Å². The summed E-state index contributed by atoms with van der Waals surface area (Å²) in [7, 11) is 0. The zero-order valence-corrected chi connectivity index (χ0v) is 13.0. The fourth-order valence-electron chi connectivity index (χ4n) is 3.14. The van der Waals surface area contributed by atoms with E-state index < -0.39 is 0 Å². The normalized spacial score (nSPS) is 13.6. The molecule has 0 fully saturated rings. The Labute approximate surface area is 130 Å². The van der Waals surface area contributed by atoms with Gasteiger partial charge in [0.25, 0.3) is 0 Å². The van der Waals surface area contributed by atoms with E-state index >= 15 is 0 Å². The van der Waals surface area contributed by atoms with Crippen molar-refractivity contribution in [1.29, 1.82) is 5.26 Å². The zero-order valence-electron chi connectivity index (χ0n) is 13.0. The van der Waals surface area contributed by atoms with Crippen molar-refractivity contribution in [1.82, 2.24) is 9.47 Å². The van der Waals surface area contributed by atoms with Gasteiger partial charge >= 0.3 is 0 Å². The molecule has 0 spiro atoms. The molecule has 0 radical (unpaired) electrons. The fourth-order valence-corrected chi connectivity index (χ4v) is 3.14. The molecule has 0 atom stereocenters. The molecule has 1 aromatic carbocycles. The predicted molar refractivity (Wildman–Crippen MR) is 84.2 cm³/mol. The number of nitrogens with zero attached hydrogens (tertiary/aromatic N) is 3. The highest BCUT2D eigenvalue weighted by molar-refractivity contribution is 5.76. The number of nitriles is 1. The molecule has 0 saturated carbocycles. The van der Waals surface area contributed by atoms with Gasteiger partial charge in [-0.2, -0.15) is 5.26 Å². The van der Waals surface area contributed by atoms with Crippen LogP contribution in [-0.4, -0.2) is 21.9 Å². The maximum absolute atomic E-state index is 12.6. The highest BCUT2D eigenvalue weighted by Gasteiger charge is 2.22.